The third-order valence-electron chi connectivity index (χ3n) is 2.99. The van der Waals surface area contributed by atoms with Gasteiger partial charge < -0.3 is 10.4 Å². The van der Waals surface area contributed by atoms with Crippen LogP contribution in [0, 0.1) is 14.1 Å². The largest absolute Gasteiger partial charge is 0.478 e. The normalized spacial score (nSPS) is 10.2. The van der Waals surface area contributed by atoms with Gasteiger partial charge in [-0.15, -0.1) is 0 Å². The molecule has 2 aromatic rings. The molecule has 6 heteroatoms. The van der Waals surface area contributed by atoms with Crippen LogP contribution in [0.15, 0.2) is 36.4 Å². The second kappa shape index (κ2) is 6.73. The molecule has 0 aliphatic rings. The molecule has 108 valence electrons. The molecule has 0 heterocycles. The zero-order chi connectivity index (χ0) is 15.6. The van der Waals surface area contributed by atoms with E-state index in [4.69, 9.17) is 5.11 Å². The van der Waals surface area contributed by atoms with E-state index in [0.29, 0.717) is 16.8 Å². The van der Waals surface area contributed by atoms with Crippen LogP contribution >= 0.6 is 45.2 Å². The van der Waals surface area contributed by atoms with Crippen molar-refractivity contribution < 1.29 is 14.7 Å². The molecule has 0 spiro atoms. The van der Waals surface area contributed by atoms with Crippen LogP contribution in [0.2, 0.25) is 0 Å². The lowest BCUT2D eigenvalue weighted by Gasteiger charge is -2.11. The van der Waals surface area contributed by atoms with Crippen LogP contribution in [0.25, 0.3) is 0 Å². The van der Waals surface area contributed by atoms with Crippen molar-refractivity contribution >= 4 is 62.7 Å². The Hall–Kier alpha value is -1.16. The van der Waals surface area contributed by atoms with E-state index in [0.717, 1.165) is 7.14 Å². The van der Waals surface area contributed by atoms with Gasteiger partial charge in [0.05, 0.1) is 11.1 Å². The summed E-state index contributed by atoms with van der Waals surface area (Å²) in [7, 11) is 0. The first-order chi connectivity index (χ1) is 9.90. The Morgan fingerprint density at radius 1 is 1.10 bits per heavy atom. The second-order valence-electron chi connectivity index (χ2n) is 4.36. The van der Waals surface area contributed by atoms with Crippen molar-refractivity contribution in [1.29, 1.82) is 0 Å². The van der Waals surface area contributed by atoms with Gasteiger partial charge in [0, 0.05) is 12.8 Å². The predicted molar refractivity (Wildman–Crippen MR) is 98.0 cm³/mol. The van der Waals surface area contributed by atoms with Crippen molar-refractivity contribution in [3.63, 3.8) is 0 Å². The van der Waals surface area contributed by atoms with Crippen LogP contribution in [-0.4, -0.2) is 17.0 Å². The van der Waals surface area contributed by atoms with E-state index < -0.39 is 5.97 Å². The fourth-order valence-corrected chi connectivity index (χ4v) is 2.94. The number of nitrogens with one attached hydrogen (secondary N) is 1. The molecule has 0 saturated heterocycles. The Bertz CT molecular complexity index is 729. The van der Waals surface area contributed by atoms with Crippen molar-refractivity contribution in [3.05, 3.63) is 60.2 Å². The minimum absolute atomic E-state index is 0.185. The number of carboxylic acid groups (broad SMARTS) is 1. The summed E-state index contributed by atoms with van der Waals surface area (Å²) in [6.45, 7) is 1.68. The molecular weight excluding hydrogens is 496 g/mol. The summed E-state index contributed by atoms with van der Waals surface area (Å²) in [6, 6.07) is 10.4. The van der Waals surface area contributed by atoms with E-state index in [2.05, 4.69) is 50.5 Å². The van der Waals surface area contributed by atoms with E-state index in [1.54, 1.807) is 25.1 Å². The summed E-state index contributed by atoms with van der Waals surface area (Å²) < 4.78 is 1.81. The van der Waals surface area contributed by atoms with E-state index in [1.807, 2.05) is 12.1 Å². The number of amides is 1. The summed E-state index contributed by atoms with van der Waals surface area (Å²) in [6.07, 6.45) is 0. The molecule has 1 amide bonds. The molecule has 2 N–H and O–H groups in total. The highest BCUT2D eigenvalue weighted by Crippen LogP contribution is 2.22. The summed E-state index contributed by atoms with van der Waals surface area (Å²) in [5.41, 5.74) is 1.81. The second-order valence-corrected chi connectivity index (χ2v) is 6.77. The lowest BCUT2D eigenvalue weighted by molar-refractivity contribution is 0.0695. The highest BCUT2D eigenvalue weighted by Gasteiger charge is 2.15. The van der Waals surface area contributed by atoms with Gasteiger partial charge >= 0.3 is 5.97 Å². The molecule has 0 atom stereocenters. The Morgan fingerprint density at radius 3 is 2.48 bits per heavy atom. The van der Waals surface area contributed by atoms with Gasteiger partial charge in [-0.25, -0.2) is 4.79 Å². The summed E-state index contributed by atoms with van der Waals surface area (Å²) >= 11 is 4.25. The van der Waals surface area contributed by atoms with Crippen molar-refractivity contribution in [2.24, 2.45) is 0 Å². The van der Waals surface area contributed by atoms with E-state index in [1.165, 1.54) is 6.07 Å². The first kappa shape index (κ1) is 16.2. The zero-order valence-corrected chi connectivity index (χ0v) is 15.3. The molecule has 21 heavy (non-hydrogen) atoms. The van der Waals surface area contributed by atoms with Gasteiger partial charge in [0.15, 0.2) is 0 Å². The van der Waals surface area contributed by atoms with Crippen molar-refractivity contribution in [2.75, 3.05) is 5.32 Å². The van der Waals surface area contributed by atoms with Crippen LogP contribution in [0.5, 0.6) is 0 Å². The monoisotopic (exact) mass is 507 g/mol. The number of aromatic carboxylic acids is 1. The van der Waals surface area contributed by atoms with Crippen LogP contribution in [0.1, 0.15) is 26.3 Å². The predicted octanol–water partition coefficient (Wildman–Crippen LogP) is 4.15. The van der Waals surface area contributed by atoms with Crippen LogP contribution in [0.3, 0.4) is 0 Å². The lowest BCUT2D eigenvalue weighted by atomic mass is 10.1. The Balaban J connectivity index is 2.34. The molecule has 2 rings (SSSR count). The van der Waals surface area contributed by atoms with Gasteiger partial charge in [0.2, 0.25) is 0 Å². The number of halogens is 2. The smallest absolute Gasteiger partial charge is 0.336 e. The van der Waals surface area contributed by atoms with Gasteiger partial charge in [-0.3, -0.25) is 4.79 Å². The molecule has 4 nitrogen and oxygen atoms in total. The Kier molecular flexibility index (Phi) is 5.20. The SMILES string of the molecule is Cc1c(NC(=O)c2cc(I)ccc2I)cccc1C(=O)O. The van der Waals surface area contributed by atoms with Crippen molar-refractivity contribution in [1.82, 2.24) is 0 Å². The van der Waals surface area contributed by atoms with E-state index >= 15 is 0 Å². The standard InChI is InChI=1S/C15H11I2NO3/c1-8-10(15(20)21)3-2-4-13(8)18-14(19)11-7-9(16)5-6-12(11)17/h2-7H,1H3,(H,18,19)(H,20,21). The molecule has 0 aromatic heterocycles. The molecule has 0 unspecified atom stereocenters. The van der Waals surface area contributed by atoms with Gasteiger partial charge in [-0.1, -0.05) is 6.07 Å². The summed E-state index contributed by atoms with van der Waals surface area (Å²) in [5.74, 6) is -1.25. The molecule has 0 bridgehead atoms. The van der Waals surface area contributed by atoms with Gasteiger partial charge in [0.1, 0.15) is 0 Å². The molecular formula is C15H11I2NO3. The molecule has 2 aromatic carbocycles. The van der Waals surface area contributed by atoms with Crippen molar-refractivity contribution in [2.45, 2.75) is 6.92 Å². The van der Waals surface area contributed by atoms with Crippen LogP contribution in [-0.2, 0) is 0 Å². The molecule has 0 aliphatic heterocycles. The third-order valence-corrected chi connectivity index (χ3v) is 4.60. The number of rotatable bonds is 3. The van der Waals surface area contributed by atoms with Gasteiger partial charge in [-0.05, 0) is 88.0 Å². The van der Waals surface area contributed by atoms with Gasteiger partial charge in [0.25, 0.3) is 5.91 Å². The summed E-state index contributed by atoms with van der Waals surface area (Å²) in [4.78, 5) is 23.5. The maximum absolute atomic E-state index is 12.4. The number of carbonyl (C=O) groups is 2. The van der Waals surface area contributed by atoms with Crippen LogP contribution < -0.4 is 5.32 Å². The van der Waals surface area contributed by atoms with Crippen molar-refractivity contribution in [3.8, 4) is 0 Å². The number of carbonyl (C=O) groups excluding carboxylic acids is 1. The lowest BCUT2D eigenvalue weighted by Crippen LogP contribution is -2.15. The Labute approximate surface area is 149 Å². The molecule has 0 radical (unpaired) electrons. The highest BCUT2D eigenvalue weighted by molar-refractivity contribution is 14.1. The minimum atomic E-state index is -1.01. The van der Waals surface area contributed by atoms with E-state index in [9.17, 15) is 9.59 Å². The average molecular weight is 507 g/mol. The fraction of sp³-hybridized carbons (Fsp3) is 0.0667. The topological polar surface area (TPSA) is 66.4 Å². The quantitative estimate of drug-likeness (QED) is 0.614. The number of hydrogen-bond acceptors (Lipinski definition) is 2. The Morgan fingerprint density at radius 2 is 1.81 bits per heavy atom. The maximum Gasteiger partial charge on any atom is 0.336 e. The number of anilines is 1. The van der Waals surface area contributed by atoms with Gasteiger partial charge in [-0.2, -0.15) is 0 Å². The maximum atomic E-state index is 12.4. The number of benzene rings is 2. The first-order valence-corrected chi connectivity index (χ1v) is 8.15. The average Bonchev–Trinajstić information content (AvgIpc) is 2.43. The van der Waals surface area contributed by atoms with E-state index in [-0.39, 0.29) is 11.5 Å². The highest BCUT2D eigenvalue weighted by atomic mass is 127. The minimum Gasteiger partial charge on any atom is -0.478 e. The summed E-state index contributed by atoms with van der Waals surface area (Å²) in [5, 5.41) is 11.9. The third kappa shape index (κ3) is 3.73. The fourth-order valence-electron chi connectivity index (χ4n) is 1.86. The molecule has 0 saturated carbocycles. The number of hydrogen-bond donors (Lipinski definition) is 2. The molecule has 0 fully saturated rings. The first-order valence-electron chi connectivity index (χ1n) is 5.99. The molecule has 0 aliphatic carbocycles. The zero-order valence-electron chi connectivity index (χ0n) is 11.0. The van der Waals surface area contributed by atoms with Crippen LogP contribution in [0.4, 0.5) is 5.69 Å². The number of carboxylic acids is 1.